The Labute approximate surface area is 74.6 Å². The SMILES string of the molecule is [CH2]n1cc(CCC)c(CCC)n1. The summed E-state index contributed by atoms with van der Waals surface area (Å²) in [5, 5.41) is 4.32. The Hall–Kier alpha value is -0.790. The monoisotopic (exact) mass is 165 g/mol. The highest BCUT2D eigenvalue weighted by Crippen LogP contribution is 2.10. The smallest absolute Gasteiger partial charge is 0.0656 e. The molecule has 0 saturated heterocycles. The van der Waals surface area contributed by atoms with Gasteiger partial charge in [0, 0.05) is 6.20 Å². The van der Waals surface area contributed by atoms with E-state index in [1.54, 1.807) is 4.68 Å². The summed E-state index contributed by atoms with van der Waals surface area (Å²) in [6, 6.07) is 0. The van der Waals surface area contributed by atoms with Gasteiger partial charge >= 0.3 is 0 Å². The molecule has 0 spiro atoms. The molecule has 0 aliphatic carbocycles. The lowest BCUT2D eigenvalue weighted by Gasteiger charge is -1.96. The van der Waals surface area contributed by atoms with Crippen molar-refractivity contribution in [3.8, 4) is 0 Å². The second-order valence-corrected chi connectivity index (χ2v) is 3.14. The highest BCUT2D eigenvalue weighted by molar-refractivity contribution is 5.17. The molecule has 1 heterocycles. The number of aryl methyl sites for hydroxylation is 2. The Morgan fingerprint density at radius 3 is 2.58 bits per heavy atom. The van der Waals surface area contributed by atoms with Crippen LogP contribution in [0.4, 0.5) is 0 Å². The molecule has 1 aromatic rings. The first-order chi connectivity index (χ1) is 5.77. The number of nitrogens with zero attached hydrogens (tertiary/aromatic N) is 2. The molecule has 1 rings (SSSR count). The van der Waals surface area contributed by atoms with E-state index in [2.05, 4.69) is 26.0 Å². The van der Waals surface area contributed by atoms with Crippen molar-refractivity contribution in [2.24, 2.45) is 0 Å². The topological polar surface area (TPSA) is 17.8 Å². The zero-order valence-electron chi connectivity index (χ0n) is 8.01. The van der Waals surface area contributed by atoms with Crippen LogP contribution in [0.25, 0.3) is 0 Å². The lowest BCUT2D eigenvalue weighted by atomic mass is 10.1. The highest BCUT2D eigenvalue weighted by Gasteiger charge is 2.04. The molecule has 0 atom stereocenters. The van der Waals surface area contributed by atoms with Gasteiger partial charge in [0.25, 0.3) is 0 Å². The summed E-state index contributed by atoms with van der Waals surface area (Å²) in [7, 11) is 3.77. The Morgan fingerprint density at radius 1 is 1.33 bits per heavy atom. The first-order valence-electron chi connectivity index (χ1n) is 4.66. The number of aromatic nitrogens is 2. The van der Waals surface area contributed by atoms with Crippen molar-refractivity contribution in [3.05, 3.63) is 24.5 Å². The van der Waals surface area contributed by atoms with E-state index >= 15 is 0 Å². The van der Waals surface area contributed by atoms with E-state index in [0.717, 1.165) is 19.3 Å². The van der Waals surface area contributed by atoms with Crippen molar-refractivity contribution in [1.29, 1.82) is 0 Å². The average Bonchev–Trinajstić information content (AvgIpc) is 2.33. The first-order valence-corrected chi connectivity index (χ1v) is 4.66. The minimum absolute atomic E-state index is 1.08. The maximum atomic E-state index is 4.32. The average molecular weight is 165 g/mol. The second kappa shape index (κ2) is 4.29. The van der Waals surface area contributed by atoms with Gasteiger partial charge in [0.1, 0.15) is 0 Å². The fourth-order valence-electron chi connectivity index (χ4n) is 1.43. The van der Waals surface area contributed by atoms with Crippen molar-refractivity contribution in [2.45, 2.75) is 39.5 Å². The summed E-state index contributed by atoms with van der Waals surface area (Å²) >= 11 is 0. The van der Waals surface area contributed by atoms with Crippen molar-refractivity contribution in [2.75, 3.05) is 0 Å². The van der Waals surface area contributed by atoms with Crippen LogP contribution in [0.3, 0.4) is 0 Å². The lowest BCUT2D eigenvalue weighted by Crippen LogP contribution is -1.91. The number of hydrogen-bond donors (Lipinski definition) is 0. The Balaban J connectivity index is 2.76. The van der Waals surface area contributed by atoms with Gasteiger partial charge in [-0.05, 0) is 18.4 Å². The minimum Gasteiger partial charge on any atom is -0.270 e. The lowest BCUT2D eigenvalue weighted by molar-refractivity contribution is 0.798. The summed E-state index contributed by atoms with van der Waals surface area (Å²) < 4.78 is 1.68. The van der Waals surface area contributed by atoms with E-state index < -0.39 is 0 Å². The quantitative estimate of drug-likeness (QED) is 0.670. The van der Waals surface area contributed by atoms with E-state index in [1.807, 2.05) is 6.20 Å². The molecule has 0 bridgehead atoms. The molecule has 2 heteroatoms. The first kappa shape index (κ1) is 9.30. The predicted molar refractivity (Wildman–Crippen MR) is 51.0 cm³/mol. The van der Waals surface area contributed by atoms with Crippen molar-refractivity contribution in [1.82, 2.24) is 9.78 Å². The van der Waals surface area contributed by atoms with E-state index in [4.69, 9.17) is 0 Å². The van der Waals surface area contributed by atoms with E-state index in [1.165, 1.54) is 17.7 Å². The van der Waals surface area contributed by atoms with Crippen LogP contribution >= 0.6 is 0 Å². The zero-order valence-corrected chi connectivity index (χ0v) is 8.01. The summed E-state index contributed by atoms with van der Waals surface area (Å²) in [4.78, 5) is 0. The zero-order chi connectivity index (χ0) is 8.97. The van der Waals surface area contributed by atoms with Crippen LogP contribution in [0.1, 0.15) is 37.9 Å². The largest absolute Gasteiger partial charge is 0.270 e. The summed E-state index contributed by atoms with van der Waals surface area (Å²) in [5.74, 6) is 0. The van der Waals surface area contributed by atoms with Crippen LogP contribution in [-0.4, -0.2) is 9.78 Å². The third kappa shape index (κ3) is 2.10. The molecule has 12 heavy (non-hydrogen) atoms. The van der Waals surface area contributed by atoms with E-state index in [0.29, 0.717) is 0 Å². The van der Waals surface area contributed by atoms with Gasteiger partial charge in [0.15, 0.2) is 0 Å². The van der Waals surface area contributed by atoms with Crippen LogP contribution in [0, 0.1) is 7.05 Å². The number of rotatable bonds is 4. The molecule has 0 aliphatic rings. The third-order valence-corrected chi connectivity index (χ3v) is 1.93. The summed E-state index contributed by atoms with van der Waals surface area (Å²) in [6.45, 7) is 4.37. The molecule has 2 nitrogen and oxygen atoms in total. The number of hydrogen-bond acceptors (Lipinski definition) is 1. The fourth-order valence-corrected chi connectivity index (χ4v) is 1.43. The molecule has 0 aromatic carbocycles. The van der Waals surface area contributed by atoms with Crippen molar-refractivity contribution >= 4 is 0 Å². The summed E-state index contributed by atoms with van der Waals surface area (Å²) in [6.07, 6.45) is 6.59. The van der Waals surface area contributed by atoms with Gasteiger partial charge in [-0.15, -0.1) is 0 Å². The Bertz CT molecular complexity index is 214. The van der Waals surface area contributed by atoms with Gasteiger partial charge in [-0.1, -0.05) is 26.7 Å². The normalized spacial score (nSPS) is 10.6. The standard InChI is InChI=1S/C10H17N2/c1-4-6-9-8-12(3)11-10(9)7-5-2/h8H,3-7H2,1-2H3. The van der Waals surface area contributed by atoms with Crippen LogP contribution < -0.4 is 0 Å². The van der Waals surface area contributed by atoms with Gasteiger partial charge in [-0.25, -0.2) is 0 Å². The molecule has 0 N–H and O–H groups in total. The van der Waals surface area contributed by atoms with Crippen molar-refractivity contribution < 1.29 is 0 Å². The summed E-state index contributed by atoms with van der Waals surface area (Å²) in [5.41, 5.74) is 2.60. The van der Waals surface area contributed by atoms with Gasteiger partial charge in [0.05, 0.1) is 12.7 Å². The van der Waals surface area contributed by atoms with Gasteiger partial charge in [-0.2, -0.15) is 5.10 Å². The third-order valence-electron chi connectivity index (χ3n) is 1.93. The molecular formula is C10H17N2. The fraction of sp³-hybridized carbons (Fsp3) is 0.600. The molecular weight excluding hydrogens is 148 g/mol. The van der Waals surface area contributed by atoms with Crippen LogP contribution in [-0.2, 0) is 12.8 Å². The van der Waals surface area contributed by atoms with Crippen molar-refractivity contribution in [3.63, 3.8) is 0 Å². The molecule has 1 radical (unpaired) electrons. The molecule has 0 amide bonds. The van der Waals surface area contributed by atoms with Crippen LogP contribution in [0.2, 0.25) is 0 Å². The predicted octanol–water partition coefficient (Wildman–Crippen LogP) is 2.43. The van der Waals surface area contributed by atoms with Gasteiger partial charge < -0.3 is 0 Å². The maximum absolute atomic E-state index is 4.32. The molecule has 1 aromatic heterocycles. The Morgan fingerprint density at radius 2 is 2.00 bits per heavy atom. The highest BCUT2D eigenvalue weighted by atomic mass is 15.2. The van der Waals surface area contributed by atoms with Gasteiger partial charge in [0.2, 0.25) is 0 Å². The van der Waals surface area contributed by atoms with E-state index in [9.17, 15) is 0 Å². The molecule has 0 aliphatic heterocycles. The maximum Gasteiger partial charge on any atom is 0.0656 e. The second-order valence-electron chi connectivity index (χ2n) is 3.14. The minimum atomic E-state index is 1.08. The van der Waals surface area contributed by atoms with Crippen LogP contribution in [0.15, 0.2) is 6.20 Å². The van der Waals surface area contributed by atoms with Gasteiger partial charge in [-0.3, -0.25) is 4.68 Å². The molecule has 0 saturated carbocycles. The van der Waals surface area contributed by atoms with E-state index in [-0.39, 0.29) is 0 Å². The Kier molecular flexibility index (Phi) is 3.32. The molecule has 0 fully saturated rings. The van der Waals surface area contributed by atoms with Crippen LogP contribution in [0.5, 0.6) is 0 Å². The molecule has 67 valence electrons. The molecule has 0 unspecified atom stereocenters.